The molecular formula is C13H22N2O3S. The number of carbonyl (C=O) groups is 2. The summed E-state index contributed by atoms with van der Waals surface area (Å²) in [7, 11) is 2.89. The Labute approximate surface area is 119 Å². The summed E-state index contributed by atoms with van der Waals surface area (Å²) < 4.78 is 4.58. The number of esters is 1. The molecule has 6 heteroatoms. The lowest BCUT2D eigenvalue weighted by molar-refractivity contribution is -0.148. The van der Waals surface area contributed by atoms with Crippen LogP contribution in [0, 0.1) is 5.41 Å². The number of nitrogens with two attached hydrogens (primary N) is 1. The SMILES string of the molecule is COC(=O)CN(C)C(=O)C1(C(N)=S)CCCCCC1. The van der Waals surface area contributed by atoms with Crippen LogP contribution in [0.15, 0.2) is 0 Å². The molecular weight excluding hydrogens is 264 g/mol. The van der Waals surface area contributed by atoms with Gasteiger partial charge in [0, 0.05) is 7.05 Å². The lowest BCUT2D eigenvalue weighted by Crippen LogP contribution is -2.50. The van der Waals surface area contributed by atoms with Crippen LogP contribution in [0.25, 0.3) is 0 Å². The number of hydrogen-bond donors (Lipinski definition) is 1. The van der Waals surface area contributed by atoms with Gasteiger partial charge in [-0.25, -0.2) is 0 Å². The maximum absolute atomic E-state index is 12.6. The Kier molecular flexibility index (Phi) is 5.72. The molecule has 0 spiro atoms. The zero-order chi connectivity index (χ0) is 14.5. The lowest BCUT2D eigenvalue weighted by atomic mass is 9.79. The largest absolute Gasteiger partial charge is 0.468 e. The minimum atomic E-state index is -0.783. The van der Waals surface area contributed by atoms with Gasteiger partial charge in [-0.2, -0.15) is 0 Å². The zero-order valence-corrected chi connectivity index (χ0v) is 12.4. The van der Waals surface area contributed by atoms with Gasteiger partial charge in [-0.15, -0.1) is 0 Å². The molecule has 5 nitrogen and oxygen atoms in total. The number of nitrogens with zero attached hydrogens (tertiary/aromatic N) is 1. The van der Waals surface area contributed by atoms with E-state index in [0.29, 0.717) is 12.8 Å². The molecule has 0 saturated heterocycles. The van der Waals surface area contributed by atoms with Crippen molar-refractivity contribution in [2.45, 2.75) is 38.5 Å². The second-order valence-corrected chi connectivity index (χ2v) is 5.54. The number of hydrogen-bond acceptors (Lipinski definition) is 4. The molecule has 1 aliphatic carbocycles. The first-order chi connectivity index (χ1) is 8.94. The number of rotatable bonds is 4. The highest BCUT2D eigenvalue weighted by Crippen LogP contribution is 2.37. The maximum Gasteiger partial charge on any atom is 0.325 e. The molecule has 0 atom stereocenters. The van der Waals surface area contributed by atoms with Gasteiger partial charge in [-0.3, -0.25) is 9.59 Å². The van der Waals surface area contributed by atoms with Gasteiger partial charge in [0.1, 0.15) is 6.54 Å². The van der Waals surface area contributed by atoms with Gasteiger partial charge in [0.05, 0.1) is 17.5 Å². The fourth-order valence-corrected chi connectivity index (χ4v) is 2.88. The molecule has 0 aromatic carbocycles. The van der Waals surface area contributed by atoms with Crippen molar-refractivity contribution < 1.29 is 14.3 Å². The average Bonchev–Trinajstić information content (AvgIpc) is 2.64. The first-order valence-electron chi connectivity index (χ1n) is 6.56. The van der Waals surface area contributed by atoms with Crippen LogP contribution in [0.4, 0.5) is 0 Å². The Morgan fingerprint density at radius 2 is 1.79 bits per heavy atom. The summed E-state index contributed by atoms with van der Waals surface area (Å²) in [6.45, 7) is -0.0697. The van der Waals surface area contributed by atoms with E-state index >= 15 is 0 Å². The zero-order valence-electron chi connectivity index (χ0n) is 11.6. The fourth-order valence-electron chi connectivity index (χ4n) is 2.59. The standard InChI is InChI=1S/C13H22N2O3S/c1-15(9-10(16)18-2)12(17)13(11(14)19)7-5-3-4-6-8-13/h3-9H2,1-2H3,(H2,14,19). The summed E-state index contributed by atoms with van der Waals surface area (Å²) in [6, 6.07) is 0. The predicted octanol–water partition coefficient (Wildman–Crippen LogP) is 1.24. The van der Waals surface area contributed by atoms with Crippen molar-refractivity contribution in [3.05, 3.63) is 0 Å². The minimum Gasteiger partial charge on any atom is -0.468 e. The first kappa shape index (κ1) is 15.9. The normalized spacial score (nSPS) is 18.2. The molecule has 1 fully saturated rings. The van der Waals surface area contributed by atoms with Crippen LogP contribution >= 0.6 is 12.2 Å². The monoisotopic (exact) mass is 286 g/mol. The van der Waals surface area contributed by atoms with Gasteiger partial charge in [0.25, 0.3) is 0 Å². The number of amides is 1. The Morgan fingerprint density at radius 1 is 1.26 bits per heavy atom. The third kappa shape index (κ3) is 3.65. The third-order valence-electron chi connectivity index (χ3n) is 3.78. The number of likely N-dealkylation sites (N-methyl/N-ethyl adjacent to an activating group) is 1. The molecule has 2 N–H and O–H groups in total. The minimum absolute atomic E-state index is 0.0697. The van der Waals surface area contributed by atoms with Crippen LogP contribution in [-0.4, -0.2) is 42.5 Å². The Hall–Kier alpha value is -1.17. The van der Waals surface area contributed by atoms with E-state index in [4.69, 9.17) is 18.0 Å². The van der Waals surface area contributed by atoms with E-state index in [-0.39, 0.29) is 17.4 Å². The van der Waals surface area contributed by atoms with Gasteiger partial charge in [0.15, 0.2) is 0 Å². The van der Waals surface area contributed by atoms with Crippen molar-refractivity contribution in [1.82, 2.24) is 4.90 Å². The number of methoxy groups -OCH3 is 1. The highest BCUT2D eigenvalue weighted by molar-refractivity contribution is 7.80. The molecule has 0 bridgehead atoms. The summed E-state index contributed by atoms with van der Waals surface area (Å²) >= 11 is 5.14. The second-order valence-electron chi connectivity index (χ2n) is 5.10. The van der Waals surface area contributed by atoms with Gasteiger partial charge in [-0.1, -0.05) is 37.9 Å². The highest BCUT2D eigenvalue weighted by Gasteiger charge is 2.43. The van der Waals surface area contributed by atoms with Crippen LogP contribution in [0.3, 0.4) is 0 Å². The number of thiocarbonyl (C=S) groups is 1. The molecule has 1 saturated carbocycles. The predicted molar refractivity (Wildman–Crippen MR) is 76.6 cm³/mol. The molecule has 0 radical (unpaired) electrons. The topological polar surface area (TPSA) is 72.6 Å². The Morgan fingerprint density at radius 3 is 2.21 bits per heavy atom. The smallest absolute Gasteiger partial charge is 0.325 e. The molecule has 1 amide bonds. The molecule has 0 unspecified atom stereocenters. The maximum atomic E-state index is 12.6. The van der Waals surface area contributed by atoms with Gasteiger partial charge in [-0.05, 0) is 12.8 Å². The highest BCUT2D eigenvalue weighted by atomic mass is 32.1. The van der Waals surface area contributed by atoms with Gasteiger partial charge < -0.3 is 15.4 Å². The fraction of sp³-hybridized carbons (Fsp3) is 0.769. The molecule has 0 aliphatic heterocycles. The summed E-state index contributed by atoms with van der Waals surface area (Å²) in [5, 5.41) is 0. The van der Waals surface area contributed by atoms with Crippen LogP contribution in [0.5, 0.6) is 0 Å². The Bertz CT molecular complexity index is 363. The van der Waals surface area contributed by atoms with Gasteiger partial charge >= 0.3 is 5.97 Å². The van der Waals surface area contributed by atoms with E-state index in [1.54, 1.807) is 7.05 Å². The first-order valence-corrected chi connectivity index (χ1v) is 6.97. The molecule has 1 rings (SSSR count). The molecule has 0 aromatic rings. The Balaban J connectivity index is 2.88. The van der Waals surface area contributed by atoms with Crippen molar-refractivity contribution in [1.29, 1.82) is 0 Å². The lowest BCUT2D eigenvalue weighted by Gasteiger charge is -2.33. The summed E-state index contributed by atoms with van der Waals surface area (Å²) in [4.78, 5) is 25.5. The van der Waals surface area contributed by atoms with E-state index in [9.17, 15) is 9.59 Å². The van der Waals surface area contributed by atoms with E-state index < -0.39 is 11.4 Å². The second kappa shape index (κ2) is 6.84. The van der Waals surface area contributed by atoms with Crippen molar-refractivity contribution >= 4 is 29.1 Å². The quantitative estimate of drug-likeness (QED) is 0.478. The van der Waals surface area contributed by atoms with E-state index in [1.165, 1.54) is 12.0 Å². The van der Waals surface area contributed by atoms with Crippen molar-refractivity contribution in [2.24, 2.45) is 11.1 Å². The molecule has 1 aliphatic rings. The van der Waals surface area contributed by atoms with Crippen molar-refractivity contribution in [3.8, 4) is 0 Å². The number of carbonyl (C=O) groups excluding carboxylic acids is 2. The summed E-state index contributed by atoms with van der Waals surface area (Å²) in [5.74, 6) is -0.602. The van der Waals surface area contributed by atoms with Crippen molar-refractivity contribution in [2.75, 3.05) is 20.7 Å². The van der Waals surface area contributed by atoms with E-state index in [2.05, 4.69) is 4.74 Å². The van der Waals surface area contributed by atoms with Crippen molar-refractivity contribution in [3.63, 3.8) is 0 Å². The molecule has 108 valence electrons. The van der Waals surface area contributed by atoms with Crippen LogP contribution in [-0.2, 0) is 14.3 Å². The molecule has 19 heavy (non-hydrogen) atoms. The molecule has 0 aromatic heterocycles. The van der Waals surface area contributed by atoms with Crippen LogP contribution < -0.4 is 5.73 Å². The average molecular weight is 286 g/mol. The summed E-state index contributed by atoms with van der Waals surface area (Å²) in [6.07, 6.45) is 5.42. The molecule has 0 heterocycles. The van der Waals surface area contributed by atoms with E-state index in [1.807, 2.05) is 0 Å². The van der Waals surface area contributed by atoms with Crippen LogP contribution in [0.2, 0.25) is 0 Å². The third-order valence-corrected chi connectivity index (χ3v) is 4.17. The number of ether oxygens (including phenoxy) is 1. The van der Waals surface area contributed by atoms with E-state index in [0.717, 1.165) is 25.7 Å². The summed E-state index contributed by atoms with van der Waals surface area (Å²) in [5.41, 5.74) is 5.06. The van der Waals surface area contributed by atoms with Crippen LogP contribution in [0.1, 0.15) is 38.5 Å². The van der Waals surface area contributed by atoms with Gasteiger partial charge in [0.2, 0.25) is 5.91 Å².